The average Bonchev–Trinajstić information content (AvgIpc) is 3.03. The number of ether oxygens (including phenoxy) is 1. The maximum atomic E-state index is 5.47. The van der Waals surface area contributed by atoms with Gasteiger partial charge in [-0.2, -0.15) is 0 Å². The number of benzene rings is 1. The van der Waals surface area contributed by atoms with E-state index < -0.39 is 0 Å². The largest absolute Gasteiger partial charge is 0.496 e. The zero-order valence-electron chi connectivity index (χ0n) is 14.7. The Kier molecular flexibility index (Phi) is 5.83. The second-order valence-corrected chi connectivity index (χ2v) is 6.76. The molecule has 1 aliphatic heterocycles. The van der Waals surface area contributed by atoms with E-state index in [-0.39, 0.29) is 0 Å². The van der Waals surface area contributed by atoms with E-state index in [0.717, 1.165) is 37.8 Å². The predicted molar refractivity (Wildman–Crippen MR) is 96.9 cm³/mol. The van der Waals surface area contributed by atoms with Gasteiger partial charge in [-0.25, -0.2) is 0 Å². The maximum absolute atomic E-state index is 5.47. The smallest absolute Gasteiger partial charge is 0.123 e. The second-order valence-electron chi connectivity index (χ2n) is 6.76. The van der Waals surface area contributed by atoms with Crippen LogP contribution >= 0.6 is 0 Å². The fourth-order valence-corrected chi connectivity index (χ4v) is 3.59. The number of pyridine rings is 1. The van der Waals surface area contributed by atoms with Crippen molar-refractivity contribution in [1.29, 1.82) is 0 Å². The van der Waals surface area contributed by atoms with Crippen molar-refractivity contribution >= 4 is 0 Å². The minimum Gasteiger partial charge on any atom is -0.496 e. The van der Waals surface area contributed by atoms with Gasteiger partial charge in [0.25, 0.3) is 0 Å². The number of methoxy groups -OCH3 is 1. The van der Waals surface area contributed by atoms with Crippen LogP contribution in [0.3, 0.4) is 0 Å². The van der Waals surface area contributed by atoms with Gasteiger partial charge >= 0.3 is 0 Å². The Labute approximate surface area is 145 Å². The molecule has 24 heavy (non-hydrogen) atoms. The van der Waals surface area contributed by atoms with Crippen molar-refractivity contribution in [3.8, 4) is 5.75 Å². The van der Waals surface area contributed by atoms with Gasteiger partial charge in [-0.3, -0.25) is 9.88 Å². The standard InChI is InChI=1S/C20H27N3O/c1-22(13-17-6-5-10-21-12-17)14-18-9-11-23(15-18)16-19-7-3-4-8-20(19)24-2/h3-8,10,12,18H,9,11,13-16H2,1-2H3/t18-/m1/s1. The molecule has 0 aliphatic carbocycles. The molecule has 0 N–H and O–H groups in total. The molecule has 0 unspecified atom stereocenters. The summed E-state index contributed by atoms with van der Waals surface area (Å²) in [5, 5.41) is 0. The summed E-state index contributed by atoms with van der Waals surface area (Å²) in [6.45, 7) is 5.42. The molecule has 1 atom stereocenters. The number of likely N-dealkylation sites (tertiary alicyclic amines) is 1. The maximum Gasteiger partial charge on any atom is 0.123 e. The highest BCUT2D eigenvalue weighted by atomic mass is 16.5. The molecule has 1 fully saturated rings. The molecule has 0 bridgehead atoms. The van der Waals surface area contributed by atoms with Gasteiger partial charge in [0.05, 0.1) is 7.11 Å². The summed E-state index contributed by atoms with van der Waals surface area (Å²) in [5.74, 6) is 1.73. The topological polar surface area (TPSA) is 28.6 Å². The van der Waals surface area contributed by atoms with Crippen LogP contribution in [0.1, 0.15) is 17.5 Å². The molecule has 1 aliphatic rings. The average molecular weight is 325 g/mol. The van der Waals surface area contributed by atoms with E-state index in [2.05, 4.69) is 40.0 Å². The van der Waals surface area contributed by atoms with E-state index in [4.69, 9.17) is 4.74 Å². The number of hydrogen-bond acceptors (Lipinski definition) is 4. The quantitative estimate of drug-likeness (QED) is 0.782. The van der Waals surface area contributed by atoms with E-state index in [1.165, 1.54) is 24.1 Å². The molecule has 1 aromatic carbocycles. The Morgan fingerprint density at radius 3 is 2.92 bits per heavy atom. The van der Waals surface area contributed by atoms with Gasteiger partial charge in [-0.1, -0.05) is 24.3 Å². The Morgan fingerprint density at radius 1 is 1.25 bits per heavy atom. The first kappa shape index (κ1) is 16.9. The highest BCUT2D eigenvalue weighted by molar-refractivity contribution is 5.33. The van der Waals surface area contributed by atoms with E-state index >= 15 is 0 Å². The zero-order chi connectivity index (χ0) is 16.8. The van der Waals surface area contributed by atoms with Gasteiger partial charge in [0, 0.05) is 44.1 Å². The number of aromatic nitrogens is 1. The minimum absolute atomic E-state index is 0.737. The Morgan fingerprint density at radius 2 is 2.12 bits per heavy atom. The molecule has 2 aromatic rings. The first-order valence-corrected chi connectivity index (χ1v) is 8.66. The van der Waals surface area contributed by atoms with Crippen molar-refractivity contribution < 1.29 is 4.74 Å². The lowest BCUT2D eigenvalue weighted by atomic mass is 10.1. The molecule has 1 aromatic heterocycles. The first-order chi connectivity index (χ1) is 11.7. The van der Waals surface area contributed by atoms with Crippen LogP contribution in [0.2, 0.25) is 0 Å². The summed E-state index contributed by atoms with van der Waals surface area (Å²) in [6, 6.07) is 12.5. The van der Waals surface area contributed by atoms with Gasteiger partial charge in [0.15, 0.2) is 0 Å². The summed E-state index contributed by atoms with van der Waals surface area (Å²) in [5.41, 5.74) is 2.56. The summed E-state index contributed by atoms with van der Waals surface area (Å²) < 4.78 is 5.47. The Balaban J connectivity index is 1.48. The Hall–Kier alpha value is -1.91. The third-order valence-electron chi connectivity index (χ3n) is 4.70. The van der Waals surface area contributed by atoms with Crippen LogP contribution in [0, 0.1) is 5.92 Å². The lowest BCUT2D eigenvalue weighted by Gasteiger charge is -2.22. The summed E-state index contributed by atoms with van der Waals surface area (Å²) in [7, 11) is 3.95. The van der Waals surface area contributed by atoms with Crippen molar-refractivity contribution in [3.63, 3.8) is 0 Å². The third-order valence-corrected chi connectivity index (χ3v) is 4.70. The van der Waals surface area contributed by atoms with E-state index in [9.17, 15) is 0 Å². The molecular formula is C20H27N3O. The SMILES string of the molecule is COc1ccccc1CN1CC[C@H](CN(C)Cc2cccnc2)C1. The predicted octanol–water partition coefficient (Wildman–Crippen LogP) is 3.04. The summed E-state index contributed by atoms with van der Waals surface area (Å²) in [4.78, 5) is 9.15. The number of rotatable bonds is 7. The van der Waals surface area contributed by atoms with Crippen LogP contribution in [0.15, 0.2) is 48.8 Å². The molecule has 4 heteroatoms. The molecule has 0 amide bonds. The van der Waals surface area contributed by atoms with Crippen LogP contribution in [0.5, 0.6) is 5.75 Å². The molecular weight excluding hydrogens is 298 g/mol. The molecule has 128 valence electrons. The van der Waals surface area contributed by atoms with Crippen molar-refractivity contribution in [2.45, 2.75) is 19.5 Å². The van der Waals surface area contributed by atoms with Crippen molar-refractivity contribution in [2.24, 2.45) is 5.92 Å². The number of hydrogen-bond donors (Lipinski definition) is 0. The highest BCUT2D eigenvalue weighted by Crippen LogP contribution is 2.24. The van der Waals surface area contributed by atoms with Crippen LogP contribution < -0.4 is 4.74 Å². The summed E-state index contributed by atoms with van der Waals surface area (Å²) in [6.07, 6.45) is 5.06. The van der Waals surface area contributed by atoms with Gasteiger partial charge in [-0.05, 0) is 43.6 Å². The van der Waals surface area contributed by atoms with Crippen LogP contribution in [-0.2, 0) is 13.1 Å². The van der Waals surface area contributed by atoms with Crippen LogP contribution in [-0.4, -0.2) is 48.6 Å². The van der Waals surface area contributed by atoms with Crippen LogP contribution in [0.25, 0.3) is 0 Å². The highest BCUT2D eigenvalue weighted by Gasteiger charge is 2.24. The monoisotopic (exact) mass is 325 g/mol. The second kappa shape index (κ2) is 8.27. The molecule has 3 rings (SSSR count). The number of para-hydroxylation sites is 1. The van der Waals surface area contributed by atoms with Crippen molar-refractivity contribution in [1.82, 2.24) is 14.8 Å². The molecule has 0 spiro atoms. The van der Waals surface area contributed by atoms with E-state index in [1.807, 2.05) is 30.6 Å². The normalized spacial score (nSPS) is 18.2. The van der Waals surface area contributed by atoms with Gasteiger partial charge in [0.2, 0.25) is 0 Å². The van der Waals surface area contributed by atoms with Crippen molar-refractivity contribution in [2.75, 3.05) is 33.8 Å². The molecule has 2 heterocycles. The van der Waals surface area contributed by atoms with E-state index in [1.54, 1.807) is 7.11 Å². The summed E-state index contributed by atoms with van der Waals surface area (Å²) >= 11 is 0. The molecule has 0 saturated carbocycles. The molecule has 1 saturated heterocycles. The van der Waals surface area contributed by atoms with Gasteiger partial charge in [-0.15, -0.1) is 0 Å². The zero-order valence-corrected chi connectivity index (χ0v) is 14.7. The molecule has 4 nitrogen and oxygen atoms in total. The van der Waals surface area contributed by atoms with Gasteiger partial charge in [0.1, 0.15) is 5.75 Å². The number of nitrogens with zero attached hydrogens (tertiary/aromatic N) is 3. The minimum atomic E-state index is 0.737. The van der Waals surface area contributed by atoms with Gasteiger partial charge < -0.3 is 9.64 Å². The Bertz CT molecular complexity index is 632. The van der Waals surface area contributed by atoms with E-state index in [0.29, 0.717) is 0 Å². The third kappa shape index (κ3) is 4.56. The molecule has 0 radical (unpaired) electrons. The first-order valence-electron chi connectivity index (χ1n) is 8.66. The lowest BCUT2D eigenvalue weighted by Crippen LogP contribution is -2.28. The van der Waals surface area contributed by atoms with Crippen LogP contribution in [0.4, 0.5) is 0 Å². The van der Waals surface area contributed by atoms with Crippen molar-refractivity contribution in [3.05, 3.63) is 59.9 Å². The fraction of sp³-hybridized carbons (Fsp3) is 0.450. The lowest BCUT2D eigenvalue weighted by molar-refractivity contribution is 0.253. The fourth-order valence-electron chi connectivity index (χ4n) is 3.59.